The minimum Gasteiger partial charge on any atom is -0.478 e. The average molecular weight is 206 g/mol. The monoisotopic (exact) mass is 206 g/mol. The lowest BCUT2D eigenvalue weighted by Gasteiger charge is -1.99. The molecule has 0 spiro atoms. The Morgan fingerprint density at radius 2 is 1.73 bits per heavy atom. The molecule has 0 fully saturated rings. The molecular weight excluding hydrogens is 196 g/mol. The van der Waals surface area contributed by atoms with Gasteiger partial charge in [-0.05, 0) is 31.2 Å². The number of aromatic carboxylic acids is 1. The number of allylic oxidation sites excluding steroid dienone is 1. The lowest BCUT2D eigenvalue weighted by molar-refractivity contribution is 0.0657. The lowest BCUT2D eigenvalue weighted by Crippen LogP contribution is -2.02. The minimum atomic E-state index is -1.02. The van der Waals surface area contributed by atoms with Crippen molar-refractivity contribution in [3.8, 4) is 0 Å². The third kappa shape index (κ3) is 2.95. The molecule has 1 N–H and O–H groups in total. The fourth-order valence-electron chi connectivity index (χ4n) is 0.947. The van der Waals surface area contributed by atoms with Crippen LogP contribution in [-0.4, -0.2) is 17.0 Å². The van der Waals surface area contributed by atoms with Gasteiger partial charge in [-0.3, -0.25) is 0 Å². The van der Waals surface area contributed by atoms with Crippen molar-refractivity contribution in [1.82, 2.24) is 0 Å². The number of ether oxygens (including phenoxy) is 1. The molecule has 15 heavy (non-hydrogen) atoms. The van der Waals surface area contributed by atoms with Gasteiger partial charge in [-0.1, -0.05) is 6.08 Å². The van der Waals surface area contributed by atoms with Gasteiger partial charge in [0.1, 0.15) is 0 Å². The zero-order chi connectivity index (χ0) is 11.3. The summed E-state index contributed by atoms with van der Waals surface area (Å²) < 4.78 is 4.71. The predicted molar refractivity (Wildman–Crippen MR) is 53.6 cm³/mol. The Bertz CT molecular complexity index is 390. The average Bonchev–Trinajstić information content (AvgIpc) is 2.26. The third-order valence-electron chi connectivity index (χ3n) is 1.68. The van der Waals surface area contributed by atoms with E-state index in [9.17, 15) is 9.59 Å². The second kappa shape index (κ2) is 4.95. The zero-order valence-electron chi connectivity index (χ0n) is 8.14. The van der Waals surface area contributed by atoms with E-state index in [2.05, 4.69) is 0 Å². The van der Waals surface area contributed by atoms with E-state index >= 15 is 0 Å². The number of benzene rings is 1. The first-order chi connectivity index (χ1) is 7.15. The van der Waals surface area contributed by atoms with Gasteiger partial charge in [0.15, 0.2) is 0 Å². The van der Waals surface area contributed by atoms with E-state index < -0.39 is 11.9 Å². The first kappa shape index (κ1) is 11.0. The number of hydrogen-bond acceptors (Lipinski definition) is 3. The topological polar surface area (TPSA) is 63.6 Å². The molecular formula is C11H10O4. The minimum absolute atomic E-state index is 0.137. The molecule has 0 unspecified atom stereocenters. The number of hydrogen-bond donors (Lipinski definition) is 1. The van der Waals surface area contributed by atoms with Gasteiger partial charge in [0.25, 0.3) is 0 Å². The molecule has 4 heteroatoms. The van der Waals surface area contributed by atoms with Crippen LogP contribution in [0, 0.1) is 0 Å². The highest BCUT2D eigenvalue weighted by atomic mass is 16.5. The highest BCUT2D eigenvalue weighted by Crippen LogP contribution is 2.06. The Morgan fingerprint density at radius 1 is 1.20 bits per heavy atom. The molecule has 0 saturated carbocycles. The summed E-state index contributed by atoms with van der Waals surface area (Å²) in [7, 11) is 0. The number of carbonyl (C=O) groups is 2. The maximum absolute atomic E-state index is 11.3. The molecule has 0 aliphatic rings. The normalized spacial score (nSPS) is 10.2. The standard InChI is InChI=1S/C11H10O4/c1-2-7-15-11(14)9-5-3-8(4-6-9)10(12)13/h2-7H,1H3,(H,12,13). The molecule has 0 aliphatic carbocycles. The molecule has 0 aliphatic heterocycles. The van der Waals surface area contributed by atoms with Gasteiger partial charge in [0, 0.05) is 0 Å². The van der Waals surface area contributed by atoms with Crippen LogP contribution in [0.3, 0.4) is 0 Å². The van der Waals surface area contributed by atoms with E-state index in [0.717, 1.165) is 0 Å². The molecule has 4 nitrogen and oxygen atoms in total. The molecule has 0 saturated heterocycles. The molecule has 0 radical (unpaired) electrons. The van der Waals surface area contributed by atoms with Crippen molar-refractivity contribution in [1.29, 1.82) is 0 Å². The van der Waals surface area contributed by atoms with E-state index in [1.807, 2.05) is 0 Å². The Labute approximate surface area is 86.8 Å². The first-order valence-electron chi connectivity index (χ1n) is 4.30. The Hall–Kier alpha value is -2.10. The lowest BCUT2D eigenvalue weighted by atomic mass is 10.1. The van der Waals surface area contributed by atoms with Gasteiger partial charge in [-0.25, -0.2) is 9.59 Å². The van der Waals surface area contributed by atoms with Crippen molar-refractivity contribution in [2.75, 3.05) is 0 Å². The van der Waals surface area contributed by atoms with Crippen LogP contribution in [0.4, 0.5) is 0 Å². The molecule has 78 valence electrons. The third-order valence-corrected chi connectivity index (χ3v) is 1.68. The summed E-state index contributed by atoms with van der Waals surface area (Å²) in [6.45, 7) is 1.72. The number of carboxylic acid groups (broad SMARTS) is 1. The summed E-state index contributed by atoms with van der Waals surface area (Å²) in [4.78, 5) is 21.8. The van der Waals surface area contributed by atoms with Gasteiger partial charge in [0.05, 0.1) is 17.4 Å². The molecule has 0 aromatic heterocycles. The molecule has 0 bridgehead atoms. The van der Waals surface area contributed by atoms with Crippen LogP contribution >= 0.6 is 0 Å². The van der Waals surface area contributed by atoms with E-state index in [1.54, 1.807) is 13.0 Å². The number of carboxylic acids is 1. The van der Waals surface area contributed by atoms with Crippen LogP contribution in [-0.2, 0) is 4.74 Å². The van der Waals surface area contributed by atoms with E-state index in [1.165, 1.54) is 30.5 Å². The van der Waals surface area contributed by atoms with Crippen molar-refractivity contribution in [3.63, 3.8) is 0 Å². The highest BCUT2D eigenvalue weighted by Gasteiger charge is 2.07. The highest BCUT2D eigenvalue weighted by molar-refractivity contribution is 5.92. The van der Waals surface area contributed by atoms with Gasteiger partial charge in [-0.2, -0.15) is 0 Å². The summed E-state index contributed by atoms with van der Waals surface area (Å²) >= 11 is 0. The fraction of sp³-hybridized carbons (Fsp3) is 0.0909. The van der Waals surface area contributed by atoms with Crippen LogP contribution in [0.15, 0.2) is 36.6 Å². The summed E-state index contributed by atoms with van der Waals surface area (Å²) in [5, 5.41) is 8.63. The van der Waals surface area contributed by atoms with Crippen molar-refractivity contribution in [2.24, 2.45) is 0 Å². The van der Waals surface area contributed by atoms with Gasteiger partial charge < -0.3 is 9.84 Å². The van der Waals surface area contributed by atoms with Crippen molar-refractivity contribution in [3.05, 3.63) is 47.7 Å². The summed E-state index contributed by atoms with van der Waals surface area (Å²) in [5.74, 6) is -1.53. The SMILES string of the molecule is CC=COC(=O)c1ccc(C(=O)O)cc1. The molecule has 0 amide bonds. The van der Waals surface area contributed by atoms with Crippen molar-refractivity contribution < 1.29 is 19.4 Å². The van der Waals surface area contributed by atoms with Gasteiger partial charge in [0.2, 0.25) is 0 Å². The maximum Gasteiger partial charge on any atom is 0.342 e. The molecule has 1 aromatic rings. The maximum atomic E-state index is 11.3. The molecule has 1 aromatic carbocycles. The van der Waals surface area contributed by atoms with Crippen LogP contribution in [0.5, 0.6) is 0 Å². The molecule has 1 rings (SSSR count). The number of rotatable bonds is 3. The Balaban J connectivity index is 2.80. The predicted octanol–water partition coefficient (Wildman–Crippen LogP) is 2.08. The van der Waals surface area contributed by atoms with Crippen LogP contribution in [0.1, 0.15) is 27.6 Å². The Kier molecular flexibility index (Phi) is 3.62. The van der Waals surface area contributed by atoms with E-state index in [4.69, 9.17) is 9.84 Å². The second-order valence-electron chi connectivity index (χ2n) is 2.76. The zero-order valence-corrected chi connectivity index (χ0v) is 8.14. The second-order valence-corrected chi connectivity index (χ2v) is 2.76. The van der Waals surface area contributed by atoms with Gasteiger partial charge >= 0.3 is 11.9 Å². The summed E-state index contributed by atoms with van der Waals surface area (Å²) in [5.41, 5.74) is 0.454. The van der Waals surface area contributed by atoms with E-state index in [0.29, 0.717) is 5.56 Å². The first-order valence-corrected chi connectivity index (χ1v) is 4.30. The van der Waals surface area contributed by atoms with E-state index in [-0.39, 0.29) is 5.56 Å². The van der Waals surface area contributed by atoms with Crippen molar-refractivity contribution >= 4 is 11.9 Å². The number of carbonyl (C=O) groups excluding carboxylic acids is 1. The fourth-order valence-corrected chi connectivity index (χ4v) is 0.947. The molecule has 0 atom stereocenters. The smallest absolute Gasteiger partial charge is 0.342 e. The van der Waals surface area contributed by atoms with Crippen LogP contribution in [0.2, 0.25) is 0 Å². The largest absolute Gasteiger partial charge is 0.478 e. The van der Waals surface area contributed by atoms with Crippen molar-refractivity contribution in [2.45, 2.75) is 6.92 Å². The Morgan fingerprint density at radius 3 is 2.20 bits per heavy atom. The number of esters is 1. The quantitative estimate of drug-likeness (QED) is 0.607. The molecule has 0 heterocycles. The summed E-state index contributed by atoms with van der Waals surface area (Å²) in [6.07, 6.45) is 2.86. The van der Waals surface area contributed by atoms with Crippen LogP contribution < -0.4 is 0 Å². The summed E-state index contributed by atoms with van der Waals surface area (Å²) in [6, 6.07) is 5.54. The van der Waals surface area contributed by atoms with Crippen LogP contribution in [0.25, 0.3) is 0 Å². The van der Waals surface area contributed by atoms with Gasteiger partial charge in [-0.15, -0.1) is 0 Å².